The third-order valence-corrected chi connectivity index (χ3v) is 5.53. The topological polar surface area (TPSA) is 52.0 Å². The molecule has 2 aromatic carbocycles. The van der Waals surface area contributed by atoms with Crippen molar-refractivity contribution in [2.75, 3.05) is 11.5 Å². The summed E-state index contributed by atoms with van der Waals surface area (Å²) in [5.74, 6) is 0. The van der Waals surface area contributed by atoms with Gasteiger partial charge >= 0.3 is 0 Å². The smallest absolute Gasteiger partial charge is 0.0355 e. The Morgan fingerprint density at radius 2 is 1.11 bits per heavy atom. The first-order chi connectivity index (χ1) is 8.59. The fourth-order valence-electron chi connectivity index (χ4n) is 1.53. The molecular formula is C14H16N2S2. The van der Waals surface area contributed by atoms with E-state index in [9.17, 15) is 0 Å². The summed E-state index contributed by atoms with van der Waals surface area (Å²) in [6.07, 6.45) is 0. The average Bonchev–Trinajstić information content (AvgIpc) is 2.36. The maximum atomic E-state index is 5.90. The minimum atomic E-state index is 0.838. The van der Waals surface area contributed by atoms with Gasteiger partial charge in [0, 0.05) is 21.2 Å². The van der Waals surface area contributed by atoms with Crippen LogP contribution >= 0.6 is 21.6 Å². The maximum absolute atomic E-state index is 5.90. The van der Waals surface area contributed by atoms with Crippen molar-refractivity contribution in [2.45, 2.75) is 23.6 Å². The van der Waals surface area contributed by atoms with Gasteiger partial charge in [0.25, 0.3) is 0 Å². The highest BCUT2D eigenvalue weighted by Gasteiger charge is 2.06. The maximum Gasteiger partial charge on any atom is 0.0355 e. The van der Waals surface area contributed by atoms with Gasteiger partial charge < -0.3 is 11.5 Å². The predicted molar refractivity (Wildman–Crippen MR) is 82.9 cm³/mol. The van der Waals surface area contributed by atoms with Crippen LogP contribution in [0.5, 0.6) is 0 Å². The van der Waals surface area contributed by atoms with Crippen molar-refractivity contribution in [3.8, 4) is 0 Å². The molecule has 0 bridgehead atoms. The van der Waals surface area contributed by atoms with Crippen LogP contribution in [0.15, 0.2) is 46.2 Å². The van der Waals surface area contributed by atoms with Crippen LogP contribution in [0.25, 0.3) is 0 Å². The molecule has 4 N–H and O–H groups in total. The molecule has 2 nitrogen and oxygen atoms in total. The van der Waals surface area contributed by atoms with Crippen molar-refractivity contribution in [2.24, 2.45) is 0 Å². The molecule has 0 aliphatic rings. The quantitative estimate of drug-likeness (QED) is 0.649. The fourth-order valence-corrected chi connectivity index (χ4v) is 4.09. The SMILES string of the molecule is Cc1c(N)cccc1SSc1cccc(N)c1C. The Balaban J connectivity index is 2.17. The summed E-state index contributed by atoms with van der Waals surface area (Å²) >= 11 is 0. The lowest BCUT2D eigenvalue weighted by Crippen LogP contribution is -1.91. The van der Waals surface area contributed by atoms with E-state index in [0.29, 0.717) is 0 Å². The molecule has 4 heteroatoms. The number of hydrogen-bond acceptors (Lipinski definition) is 4. The highest BCUT2D eigenvalue weighted by Crippen LogP contribution is 2.41. The molecule has 0 fully saturated rings. The second-order valence-electron chi connectivity index (χ2n) is 4.11. The van der Waals surface area contributed by atoms with E-state index in [2.05, 4.69) is 12.1 Å². The van der Waals surface area contributed by atoms with Gasteiger partial charge in [0.1, 0.15) is 0 Å². The van der Waals surface area contributed by atoms with Crippen molar-refractivity contribution >= 4 is 33.0 Å². The lowest BCUT2D eigenvalue weighted by Gasteiger charge is -2.09. The molecule has 0 unspecified atom stereocenters. The standard InChI is InChI=1S/C14H16N2S2/c1-9-11(15)5-3-7-13(9)17-18-14-8-4-6-12(16)10(14)2/h3-8H,15-16H2,1-2H3. The Bertz CT molecular complexity index is 516. The molecule has 0 saturated heterocycles. The van der Waals surface area contributed by atoms with E-state index in [0.717, 1.165) is 22.5 Å². The first-order valence-electron chi connectivity index (χ1n) is 5.64. The Morgan fingerprint density at radius 1 is 0.722 bits per heavy atom. The number of benzene rings is 2. The first kappa shape index (κ1) is 13.2. The van der Waals surface area contributed by atoms with Gasteiger partial charge in [-0.3, -0.25) is 0 Å². The fraction of sp³-hybridized carbons (Fsp3) is 0.143. The van der Waals surface area contributed by atoms with Crippen LogP contribution < -0.4 is 11.5 Å². The van der Waals surface area contributed by atoms with Gasteiger partial charge in [0.05, 0.1) is 0 Å². The zero-order valence-corrected chi connectivity index (χ0v) is 12.1. The Kier molecular flexibility index (Phi) is 4.09. The molecule has 0 atom stereocenters. The highest BCUT2D eigenvalue weighted by atomic mass is 33.1. The van der Waals surface area contributed by atoms with Crippen LogP contribution in [0.1, 0.15) is 11.1 Å². The Labute approximate surface area is 116 Å². The second kappa shape index (κ2) is 5.59. The number of nitrogens with two attached hydrogens (primary N) is 2. The minimum Gasteiger partial charge on any atom is -0.398 e. The van der Waals surface area contributed by atoms with Crippen LogP contribution in [-0.4, -0.2) is 0 Å². The number of rotatable bonds is 3. The summed E-state index contributed by atoms with van der Waals surface area (Å²) in [6, 6.07) is 12.0. The predicted octanol–water partition coefficient (Wildman–Crippen LogP) is 4.27. The molecule has 0 spiro atoms. The molecule has 94 valence electrons. The van der Waals surface area contributed by atoms with E-state index < -0.39 is 0 Å². The van der Waals surface area contributed by atoms with E-state index >= 15 is 0 Å². The second-order valence-corrected chi connectivity index (χ2v) is 6.32. The van der Waals surface area contributed by atoms with Crippen LogP contribution in [0.4, 0.5) is 11.4 Å². The zero-order chi connectivity index (χ0) is 13.1. The molecule has 18 heavy (non-hydrogen) atoms. The van der Waals surface area contributed by atoms with Crippen LogP contribution in [0, 0.1) is 13.8 Å². The first-order valence-corrected chi connectivity index (χ1v) is 7.79. The van der Waals surface area contributed by atoms with Gasteiger partial charge in [-0.1, -0.05) is 33.7 Å². The molecule has 0 aromatic heterocycles. The summed E-state index contributed by atoms with van der Waals surface area (Å²) in [7, 11) is 3.44. The van der Waals surface area contributed by atoms with Crippen LogP contribution in [-0.2, 0) is 0 Å². The Hall–Kier alpha value is -1.26. The summed E-state index contributed by atoms with van der Waals surface area (Å²) in [6.45, 7) is 4.09. The largest absolute Gasteiger partial charge is 0.398 e. The van der Waals surface area contributed by atoms with E-state index in [4.69, 9.17) is 11.5 Å². The highest BCUT2D eigenvalue weighted by molar-refractivity contribution is 8.76. The van der Waals surface area contributed by atoms with Gasteiger partial charge in [0.15, 0.2) is 0 Å². The van der Waals surface area contributed by atoms with Gasteiger partial charge in [0.2, 0.25) is 0 Å². The lowest BCUT2D eigenvalue weighted by molar-refractivity contribution is 1.31. The molecule has 0 aliphatic heterocycles. The molecule has 0 radical (unpaired) electrons. The van der Waals surface area contributed by atoms with E-state index in [1.807, 2.05) is 38.1 Å². The molecular weight excluding hydrogens is 260 g/mol. The Morgan fingerprint density at radius 3 is 1.50 bits per heavy atom. The molecule has 0 aliphatic carbocycles. The summed E-state index contributed by atoms with van der Waals surface area (Å²) in [5.41, 5.74) is 15.7. The van der Waals surface area contributed by atoms with Gasteiger partial charge in [-0.05, 0) is 49.2 Å². The van der Waals surface area contributed by atoms with Gasteiger partial charge in [-0.25, -0.2) is 0 Å². The van der Waals surface area contributed by atoms with E-state index in [1.54, 1.807) is 21.6 Å². The third kappa shape index (κ3) is 2.76. The van der Waals surface area contributed by atoms with Crippen LogP contribution in [0.2, 0.25) is 0 Å². The van der Waals surface area contributed by atoms with Crippen molar-refractivity contribution in [3.63, 3.8) is 0 Å². The molecule has 2 rings (SSSR count). The molecule has 2 aromatic rings. The summed E-state index contributed by atoms with van der Waals surface area (Å²) in [5, 5.41) is 0. The van der Waals surface area contributed by atoms with Crippen molar-refractivity contribution < 1.29 is 0 Å². The third-order valence-electron chi connectivity index (χ3n) is 2.87. The van der Waals surface area contributed by atoms with Crippen molar-refractivity contribution in [3.05, 3.63) is 47.5 Å². The number of anilines is 2. The molecule has 0 saturated carbocycles. The monoisotopic (exact) mass is 276 g/mol. The minimum absolute atomic E-state index is 0.838. The number of hydrogen-bond donors (Lipinski definition) is 2. The van der Waals surface area contributed by atoms with E-state index in [1.165, 1.54) is 9.79 Å². The van der Waals surface area contributed by atoms with Crippen molar-refractivity contribution in [1.29, 1.82) is 0 Å². The van der Waals surface area contributed by atoms with Gasteiger partial charge in [-0.2, -0.15) is 0 Å². The average molecular weight is 276 g/mol. The van der Waals surface area contributed by atoms with Gasteiger partial charge in [-0.15, -0.1) is 0 Å². The van der Waals surface area contributed by atoms with Crippen LogP contribution in [0.3, 0.4) is 0 Å². The lowest BCUT2D eigenvalue weighted by atomic mass is 10.2. The molecule has 0 amide bonds. The summed E-state index contributed by atoms with van der Waals surface area (Å²) < 4.78 is 0. The number of nitrogen functional groups attached to an aromatic ring is 2. The van der Waals surface area contributed by atoms with Crippen molar-refractivity contribution in [1.82, 2.24) is 0 Å². The van der Waals surface area contributed by atoms with E-state index in [-0.39, 0.29) is 0 Å². The molecule has 0 heterocycles. The normalized spacial score (nSPS) is 10.6. The zero-order valence-electron chi connectivity index (χ0n) is 10.4. The summed E-state index contributed by atoms with van der Waals surface area (Å²) in [4.78, 5) is 2.39.